The summed E-state index contributed by atoms with van der Waals surface area (Å²) < 4.78 is 1.70. The molecular formula is C10H14N2O2S2Zn. The predicted molar refractivity (Wildman–Crippen MR) is 64.8 cm³/mol. The number of nitrogens with zero attached hydrogens (tertiary/aromatic N) is 2. The molecule has 1 amide bonds. The van der Waals surface area contributed by atoms with Gasteiger partial charge in [0.1, 0.15) is 6.54 Å². The summed E-state index contributed by atoms with van der Waals surface area (Å²) in [6, 6.07) is 0. The van der Waals surface area contributed by atoms with Crippen LogP contribution in [0.1, 0.15) is 25.7 Å². The molecule has 2 fully saturated rings. The average molecular weight is 324 g/mol. The van der Waals surface area contributed by atoms with E-state index >= 15 is 0 Å². The van der Waals surface area contributed by atoms with Crippen LogP contribution in [0.5, 0.6) is 0 Å². The molecule has 3 rings (SSSR count). The first kappa shape index (κ1) is 13.7. The Labute approximate surface area is 124 Å². The number of hydrogen-bond acceptors (Lipinski definition) is 3. The number of hydrogen-bond donors (Lipinski definition) is 2. The molecule has 3 heterocycles. The zero-order valence-corrected chi connectivity index (χ0v) is 14.2. The topological polar surface area (TPSA) is 43.6 Å². The van der Waals surface area contributed by atoms with E-state index in [1.807, 2.05) is 0 Å². The summed E-state index contributed by atoms with van der Waals surface area (Å²) in [6.07, 6.45) is 3.08. The predicted octanol–water partition coefficient (Wildman–Crippen LogP) is 0.252. The number of aliphatic hydroxyl groups excluding tert-OH is 1. The van der Waals surface area contributed by atoms with Crippen LogP contribution in [-0.4, -0.2) is 49.2 Å². The second-order valence-electron chi connectivity index (χ2n) is 4.74. The number of carbonyl (C=O) groups excluding carboxylic acids is 1. The van der Waals surface area contributed by atoms with Gasteiger partial charge in [-0.05, 0) is 12.8 Å². The molecule has 0 radical (unpaired) electrons. The molecule has 3 aliphatic rings. The third kappa shape index (κ3) is 1.55. The maximum atomic E-state index is 12.4. The van der Waals surface area contributed by atoms with Crippen molar-refractivity contribution in [2.45, 2.75) is 35.4 Å². The van der Waals surface area contributed by atoms with Crippen molar-refractivity contribution in [2.75, 3.05) is 13.1 Å². The Balaban J connectivity index is 0.00000108. The fraction of sp³-hybridized carbons (Fsp3) is 0.800. The minimum absolute atomic E-state index is 0. The standard InChI is InChI=1S/C10H14N2O2S2.Zn/c13-7-9(15)3-1-5-11(9)8(14)10(16)4-2-6-12(7)10;/h15-16H,1-6H2;. The smallest absolute Gasteiger partial charge is 0.336 e. The first-order valence-corrected chi connectivity index (χ1v) is 6.44. The molecule has 0 spiro atoms. The van der Waals surface area contributed by atoms with E-state index in [9.17, 15) is 9.90 Å². The largest absolute Gasteiger partial charge is 0.750 e. The fourth-order valence-corrected chi connectivity index (χ4v) is 3.93. The van der Waals surface area contributed by atoms with E-state index in [1.54, 1.807) is 9.48 Å². The molecule has 2 saturated heterocycles. The van der Waals surface area contributed by atoms with Crippen LogP contribution in [0.2, 0.25) is 0 Å². The molecule has 7 heteroatoms. The van der Waals surface area contributed by atoms with Gasteiger partial charge in [-0.25, -0.2) is 0 Å². The summed E-state index contributed by atoms with van der Waals surface area (Å²) in [5, 5.41) is 10.3. The molecule has 0 aliphatic carbocycles. The average Bonchev–Trinajstić information content (AvgIpc) is 2.81. The van der Waals surface area contributed by atoms with Crippen molar-refractivity contribution >= 4 is 37.1 Å². The van der Waals surface area contributed by atoms with Gasteiger partial charge in [-0.15, -0.1) is 0 Å². The van der Waals surface area contributed by atoms with Gasteiger partial charge in [0.15, 0.2) is 0 Å². The maximum Gasteiger partial charge on any atom is 0.336 e. The summed E-state index contributed by atoms with van der Waals surface area (Å²) in [5.41, 5.74) is 0. The van der Waals surface area contributed by atoms with Crippen LogP contribution >= 0.6 is 12.6 Å². The minimum atomic E-state index is -0.895. The van der Waals surface area contributed by atoms with E-state index in [2.05, 4.69) is 12.6 Å². The molecule has 0 aromatic carbocycles. The van der Waals surface area contributed by atoms with Crippen molar-refractivity contribution in [1.82, 2.24) is 4.90 Å². The van der Waals surface area contributed by atoms with Gasteiger partial charge in [0.2, 0.25) is 0 Å². The minimum Gasteiger partial charge on any atom is -0.750 e. The Kier molecular flexibility index (Phi) is 3.33. The normalized spacial score (nSPS) is 40.1. The maximum absolute atomic E-state index is 12.4. The molecule has 2 unspecified atom stereocenters. The van der Waals surface area contributed by atoms with Gasteiger partial charge < -0.3 is 22.6 Å². The van der Waals surface area contributed by atoms with Gasteiger partial charge in [-0.3, -0.25) is 4.79 Å². The number of aliphatic hydroxyl groups is 1. The van der Waals surface area contributed by atoms with Crippen LogP contribution in [0, 0.1) is 0 Å². The van der Waals surface area contributed by atoms with Crippen molar-refractivity contribution < 1.29 is 34.0 Å². The van der Waals surface area contributed by atoms with Gasteiger partial charge in [0.25, 0.3) is 4.87 Å². The fourth-order valence-electron chi connectivity index (χ4n) is 3.02. The van der Waals surface area contributed by atoms with Gasteiger partial charge in [0.05, 0.1) is 0 Å². The van der Waals surface area contributed by atoms with E-state index in [-0.39, 0.29) is 31.3 Å². The summed E-state index contributed by atoms with van der Waals surface area (Å²) in [4.78, 5) is 12.3. The number of fused-ring (bicyclic) bond motifs is 2. The van der Waals surface area contributed by atoms with E-state index in [4.69, 9.17) is 12.6 Å². The number of amides is 1. The van der Waals surface area contributed by atoms with E-state index in [0.717, 1.165) is 12.8 Å². The van der Waals surface area contributed by atoms with Crippen molar-refractivity contribution in [3.05, 3.63) is 0 Å². The molecule has 3 aliphatic heterocycles. The van der Waals surface area contributed by atoms with Crippen molar-refractivity contribution in [3.8, 4) is 0 Å². The molecule has 0 bridgehead atoms. The molecule has 0 aromatic rings. The van der Waals surface area contributed by atoms with Crippen LogP contribution in [0.25, 0.3) is 0 Å². The summed E-state index contributed by atoms with van der Waals surface area (Å²) >= 11 is 9.94. The van der Waals surface area contributed by atoms with E-state index in [1.165, 1.54) is 0 Å². The van der Waals surface area contributed by atoms with E-state index < -0.39 is 9.74 Å². The zero-order valence-electron chi connectivity index (χ0n) is 9.56. The first-order valence-electron chi connectivity index (χ1n) is 5.59. The number of carbonyl (C=O) groups is 1. The second kappa shape index (κ2) is 4.14. The molecule has 4 nitrogen and oxygen atoms in total. The van der Waals surface area contributed by atoms with Crippen LogP contribution < -0.4 is 0 Å². The van der Waals surface area contributed by atoms with Crippen LogP contribution in [0.15, 0.2) is 0 Å². The Bertz CT molecular complexity index is 417. The van der Waals surface area contributed by atoms with Gasteiger partial charge in [0, 0.05) is 43.7 Å². The van der Waals surface area contributed by atoms with Crippen LogP contribution in [-0.2, 0) is 36.9 Å². The van der Waals surface area contributed by atoms with Gasteiger partial charge in [-0.2, -0.15) is 4.58 Å². The monoisotopic (exact) mass is 322 g/mol. The number of thiol groups is 1. The van der Waals surface area contributed by atoms with E-state index in [0.29, 0.717) is 25.9 Å². The number of rotatable bonds is 0. The first-order chi connectivity index (χ1) is 7.50. The molecule has 2 atom stereocenters. The van der Waals surface area contributed by atoms with Crippen LogP contribution in [0.4, 0.5) is 0 Å². The van der Waals surface area contributed by atoms with Crippen molar-refractivity contribution in [3.63, 3.8) is 0 Å². The quantitative estimate of drug-likeness (QED) is 0.291. The Morgan fingerprint density at radius 2 is 2.12 bits per heavy atom. The van der Waals surface area contributed by atoms with Crippen molar-refractivity contribution in [1.29, 1.82) is 0 Å². The van der Waals surface area contributed by atoms with Crippen LogP contribution in [0.3, 0.4) is 0 Å². The summed E-state index contributed by atoms with van der Waals surface area (Å²) in [5.74, 6) is 0.130. The Morgan fingerprint density at radius 3 is 2.82 bits per heavy atom. The second-order valence-corrected chi connectivity index (χ2v) is 6.16. The SMILES string of the molecule is O=C1N2CCCC2([S-])C(O)=[N+]2CCCC12S.[Zn]. The van der Waals surface area contributed by atoms with Gasteiger partial charge >= 0.3 is 11.8 Å². The summed E-state index contributed by atoms with van der Waals surface area (Å²) in [6.45, 7) is 1.32. The zero-order chi connectivity index (χ0) is 11.6. The Hall–Kier alpha value is 0.263. The van der Waals surface area contributed by atoms with Gasteiger partial charge in [-0.1, -0.05) is 12.6 Å². The molecule has 90 valence electrons. The molecule has 0 saturated carbocycles. The summed E-state index contributed by atoms with van der Waals surface area (Å²) in [7, 11) is 0. The third-order valence-electron chi connectivity index (χ3n) is 3.88. The van der Waals surface area contributed by atoms with Crippen molar-refractivity contribution in [2.24, 2.45) is 0 Å². The Morgan fingerprint density at radius 1 is 1.41 bits per heavy atom. The molecule has 17 heavy (non-hydrogen) atoms. The third-order valence-corrected chi connectivity index (χ3v) is 5.14. The molecule has 1 N–H and O–H groups in total. The molecule has 0 aromatic heterocycles. The molecular weight excluding hydrogens is 310 g/mol.